The lowest BCUT2D eigenvalue weighted by atomic mass is 10.0. The molecule has 0 spiro atoms. The molecule has 0 aliphatic carbocycles. The van der Waals surface area contributed by atoms with Gasteiger partial charge in [0.2, 0.25) is 0 Å². The van der Waals surface area contributed by atoms with Crippen molar-refractivity contribution in [3.8, 4) is 0 Å². The predicted molar refractivity (Wildman–Crippen MR) is 94.1 cm³/mol. The fourth-order valence-electron chi connectivity index (χ4n) is 2.50. The Morgan fingerprint density at radius 3 is 2.20 bits per heavy atom. The zero-order valence-corrected chi connectivity index (χ0v) is 13.6. The van der Waals surface area contributed by atoms with Gasteiger partial charge in [0.05, 0.1) is 0 Å². The van der Waals surface area contributed by atoms with Crippen LogP contribution < -0.4 is 10.6 Å². The van der Waals surface area contributed by atoms with Crippen LogP contribution in [0.3, 0.4) is 0 Å². The Morgan fingerprint density at radius 2 is 1.52 bits per heavy atom. The molecule has 128 valence electrons. The minimum Gasteiger partial charge on any atom is -0.387 e. The van der Waals surface area contributed by atoms with Crippen molar-refractivity contribution in [2.24, 2.45) is 5.16 Å². The van der Waals surface area contributed by atoms with Crippen molar-refractivity contribution in [1.29, 1.82) is 0 Å². The molecule has 2 amide bonds. The van der Waals surface area contributed by atoms with Gasteiger partial charge < -0.3 is 15.5 Å². The summed E-state index contributed by atoms with van der Waals surface area (Å²) in [6.07, 6.45) is 0.214. The van der Waals surface area contributed by atoms with Crippen LogP contribution in [0.5, 0.6) is 0 Å². The molecule has 0 fully saturated rings. The molecule has 0 saturated heterocycles. The molecule has 6 nitrogen and oxygen atoms in total. The van der Waals surface area contributed by atoms with Crippen LogP contribution in [0.15, 0.2) is 65.8 Å². The number of nitrogens with zero attached hydrogens (tertiary/aromatic N) is 1. The molecule has 3 rings (SSSR count). The van der Waals surface area contributed by atoms with E-state index < -0.39 is 0 Å². The van der Waals surface area contributed by atoms with Crippen molar-refractivity contribution in [2.45, 2.75) is 12.5 Å². The second-order valence-corrected chi connectivity index (χ2v) is 5.62. The summed E-state index contributed by atoms with van der Waals surface area (Å²) in [4.78, 5) is 29.3. The Hall–Kier alpha value is -3.15. The molecule has 1 unspecified atom stereocenters. The van der Waals surface area contributed by atoms with Crippen LogP contribution in [0.1, 0.15) is 28.4 Å². The molecule has 0 radical (unpaired) electrons. The summed E-state index contributed by atoms with van der Waals surface area (Å²) in [6, 6.07) is 18.6. The summed E-state index contributed by atoms with van der Waals surface area (Å²) in [5.74, 6) is -0.437. The van der Waals surface area contributed by atoms with Gasteiger partial charge >= 0.3 is 0 Å². The van der Waals surface area contributed by atoms with Crippen molar-refractivity contribution in [3.05, 3.63) is 71.8 Å². The summed E-state index contributed by atoms with van der Waals surface area (Å²) >= 11 is 0. The van der Waals surface area contributed by atoms with Crippen molar-refractivity contribution in [2.75, 3.05) is 13.1 Å². The number of benzene rings is 2. The van der Waals surface area contributed by atoms with Gasteiger partial charge in [-0.15, -0.1) is 0 Å². The molecule has 25 heavy (non-hydrogen) atoms. The largest absolute Gasteiger partial charge is 0.387 e. The maximum Gasteiger partial charge on any atom is 0.269 e. The molecule has 2 N–H and O–H groups in total. The quantitative estimate of drug-likeness (QED) is 0.792. The molecule has 1 heterocycles. The van der Waals surface area contributed by atoms with Crippen LogP contribution in [0.2, 0.25) is 0 Å². The van der Waals surface area contributed by atoms with Crippen LogP contribution in [0.25, 0.3) is 0 Å². The number of nitrogens with one attached hydrogen (secondary N) is 2. The average molecular weight is 337 g/mol. The van der Waals surface area contributed by atoms with Crippen molar-refractivity contribution < 1.29 is 14.4 Å². The van der Waals surface area contributed by atoms with Gasteiger partial charge in [-0.05, 0) is 17.7 Å². The van der Waals surface area contributed by atoms with E-state index in [0.29, 0.717) is 30.8 Å². The summed E-state index contributed by atoms with van der Waals surface area (Å²) in [5, 5.41) is 9.37. The fraction of sp³-hybridized carbons (Fsp3) is 0.211. The van der Waals surface area contributed by atoms with Crippen LogP contribution in [0, 0.1) is 0 Å². The Labute approximate surface area is 145 Å². The lowest BCUT2D eigenvalue weighted by Gasteiger charge is -2.08. The number of rotatable bonds is 6. The van der Waals surface area contributed by atoms with Crippen molar-refractivity contribution in [3.63, 3.8) is 0 Å². The number of carbonyl (C=O) groups is 2. The van der Waals surface area contributed by atoms with E-state index in [1.807, 2.05) is 36.4 Å². The summed E-state index contributed by atoms with van der Waals surface area (Å²) < 4.78 is 0. The zero-order valence-electron chi connectivity index (χ0n) is 13.6. The fourth-order valence-corrected chi connectivity index (χ4v) is 2.50. The van der Waals surface area contributed by atoms with Crippen molar-refractivity contribution in [1.82, 2.24) is 10.6 Å². The smallest absolute Gasteiger partial charge is 0.269 e. The third-order valence-electron chi connectivity index (χ3n) is 3.83. The average Bonchev–Trinajstić information content (AvgIpc) is 3.16. The van der Waals surface area contributed by atoms with Gasteiger partial charge in [-0.3, -0.25) is 9.59 Å². The maximum atomic E-state index is 12.1. The molecule has 0 aromatic heterocycles. The molecule has 2 aromatic carbocycles. The first-order chi connectivity index (χ1) is 12.2. The van der Waals surface area contributed by atoms with Gasteiger partial charge in [0, 0.05) is 25.1 Å². The molecule has 0 saturated carbocycles. The monoisotopic (exact) mass is 337 g/mol. The zero-order chi connectivity index (χ0) is 17.5. The number of carbonyl (C=O) groups excluding carboxylic acids is 2. The van der Waals surface area contributed by atoms with Gasteiger partial charge in [0.25, 0.3) is 11.8 Å². The van der Waals surface area contributed by atoms with Gasteiger partial charge in [-0.1, -0.05) is 53.7 Å². The molecular weight excluding hydrogens is 318 g/mol. The van der Waals surface area contributed by atoms with E-state index in [0.717, 1.165) is 5.56 Å². The van der Waals surface area contributed by atoms with E-state index in [9.17, 15) is 9.59 Å². The van der Waals surface area contributed by atoms with Crippen molar-refractivity contribution >= 4 is 17.5 Å². The highest BCUT2D eigenvalue weighted by Crippen LogP contribution is 2.26. The molecular formula is C19H19N3O3. The summed E-state index contributed by atoms with van der Waals surface area (Å²) in [5.41, 5.74) is 1.94. The van der Waals surface area contributed by atoms with E-state index in [-0.39, 0.29) is 17.9 Å². The standard InChI is InChI=1S/C19H19N3O3/c23-18(15-9-5-2-6-10-15)20-11-12-21-19(24)16-13-17(25-22-16)14-7-3-1-4-8-14/h1-10,17H,11-13H2,(H,20,23)(H,21,24). The third-order valence-corrected chi connectivity index (χ3v) is 3.83. The van der Waals surface area contributed by atoms with Gasteiger partial charge in [0.15, 0.2) is 6.10 Å². The second-order valence-electron chi connectivity index (χ2n) is 5.62. The van der Waals surface area contributed by atoms with Gasteiger partial charge in [-0.2, -0.15) is 0 Å². The molecule has 0 bridgehead atoms. The van der Waals surface area contributed by atoms with Gasteiger partial charge in [-0.25, -0.2) is 0 Å². The highest BCUT2D eigenvalue weighted by molar-refractivity contribution is 6.39. The van der Waals surface area contributed by atoms with E-state index >= 15 is 0 Å². The third kappa shape index (κ3) is 4.44. The topological polar surface area (TPSA) is 79.8 Å². The molecule has 1 aliphatic heterocycles. The first kappa shape index (κ1) is 16.7. The number of oxime groups is 1. The summed E-state index contributed by atoms with van der Waals surface area (Å²) in [6.45, 7) is 0.669. The Balaban J connectivity index is 1.39. The van der Waals surface area contributed by atoms with E-state index in [1.54, 1.807) is 24.3 Å². The number of hydrogen-bond acceptors (Lipinski definition) is 4. The highest BCUT2D eigenvalue weighted by Gasteiger charge is 2.26. The minimum atomic E-state index is -0.271. The highest BCUT2D eigenvalue weighted by atomic mass is 16.6. The Kier molecular flexibility index (Phi) is 5.41. The second kappa shape index (κ2) is 8.10. The number of amides is 2. The van der Waals surface area contributed by atoms with Crippen LogP contribution >= 0.6 is 0 Å². The molecule has 1 atom stereocenters. The lowest BCUT2D eigenvalue weighted by molar-refractivity contribution is -0.114. The van der Waals surface area contributed by atoms with Crippen LogP contribution in [0.4, 0.5) is 0 Å². The molecule has 1 aliphatic rings. The van der Waals surface area contributed by atoms with E-state index in [1.165, 1.54) is 0 Å². The first-order valence-electron chi connectivity index (χ1n) is 8.13. The SMILES string of the molecule is O=C(NCCNC(=O)c1ccccc1)C1=NOC(c2ccccc2)C1. The summed E-state index contributed by atoms with van der Waals surface area (Å²) in [7, 11) is 0. The lowest BCUT2D eigenvalue weighted by Crippen LogP contribution is -2.37. The maximum absolute atomic E-state index is 12.1. The Bertz CT molecular complexity index is 760. The van der Waals surface area contributed by atoms with E-state index in [4.69, 9.17) is 4.84 Å². The van der Waals surface area contributed by atoms with Gasteiger partial charge in [0.1, 0.15) is 5.71 Å². The van der Waals surface area contributed by atoms with Crippen LogP contribution in [-0.2, 0) is 9.63 Å². The van der Waals surface area contributed by atoms with Crippen LogP contribution in [-0.4, -0.2) is 30.6 Å². The number of hydrogen-bond donors (Lipinski definition) is 2. The molecule has 2 aromatic rings. The normalized spacial score (nSPS) is 15.8. The first-order valence-corrected chi connectivity index (χ1v) is 8.13. The molecule has 6 heteroatoms. The Morgan fingerprint density at radius 1 is 0.920 bits per heavy atom. The minimum absolute atomic E-state index is 0.166. The predicted octanol–water partition coefficient (Wildman–Crippen LogP) is 2.05. The van der Waals surface area contributed by atoms with E-state index in [2.05, 4.69) is 15.8 Å².